The van der Waals surface area contributed by atoms with Crippen LogP contribution in [-0.4, -0.2) is 5.78 Å². The van der Waals surface area contributed by atoms with Crippen LogP contribution in [0.5, 0.6) is 0 Å². The highest BCUT2D eigenvalue weighted by molar-refractivity contribution is 5.89. The summed E-state index contributed by atoms with van der Waals surface area (Å²) < 4.78 is 0. The van der Waals surface area contributed by atoms with Crippen LogP contribution < -0.4 is 0 Å². The van der Waals surface area contributed by atoms with Gasteiger partial charge in [-0.2, -0.15) is 0 Å². The lowest BCUT2D eigenvalue weighted by atomic mass is 9.91. The minimum absolute atomic E-state index is 0.0868. The Labute approximate surface area is 98.9 Å². The van der Waals surface area contributed by atoms with Crippen molar-refractivity contribution in [1.29, 1.82) is 0 Å². The summed E-state index contributed by atoms with van der Waals surface area (Å²) in [6.45, 7) is 8.11. The van der Waals surface area contributed by atoms with Crippen LogP contribution in [0.1, 0.15) is 50.7 Å². The molecule has 1 aliphatic carbocycles. The summed E-state index contributed by atoms with van der Waals surface area (Å²) in [5.74, 6) is 0.882. The average molecular weight is 218 g/mol. The fourth-order valence-electron chi connectivity index (χ4n) is 1.95. The van der Waals surface area contributed by atoms with Crippen LogP contribution >= 0.6 is 0 Å². The maximum atomic E-state index is 11.9. The van der Waals surface area contributed by atoms with Gasteiger partial charge in [0, 0.05) is 11.8 Å². The van der Waals surface area contributed by atoms with Crippen LogP contribution in [0.3, 0.4) is 0 Å². The predicted molar refractivity (Wildman–Crippen MR) is 68.7 cm³/mol. The molecule has 0 heterocycles. The third-order valence-corrected chi connectivity index (χ3v) is 3.06. The molecule has 0 saturated heterocycles. The number of aryl methyl sites for hydroxylation is 1. The van der Waals surface area contributed by atoms with Crippen LogP contribution in [0.25, 0.3) is 0 Å². The second-order valence-electron chi connectivity index (χ2n) is 4.25. The third kappa shape index (κ3) is 2.94. The summed E-state index contributed by atoms with van der Waals surface area (Å²) in [7, 11) is 0. The fourth-order valence-corrected chi connectivity index (χ4v) is 1.95. The molecule has 2 rings (SSSR count). The molecule has 1 aromatic rings. The van der Waals surface area contributed by atoms with Gasteiger partial charge in [0.1, 0.15) is 5.78 Å². The molecule has 1 heteroatoms. The molecule has 0 amide bonds. The Morgan fingerprint density at radius 2 is 1.81 bits per heavy atom. The van der Waals surface area contributed by atoms with Crippen molar-refractivity contribution in [2.45, 2.75) is 46.5 Å². The Hall–Kier alpha value is -1.11. The van der Waals surface area contributed by atoms with Crippen molar-refractivity contribution in [3.63, 3.8) is 0 Å². The molecule has 0 N–H and O–H groups in total. The molecule has 88 valence electrons. The van der Waals surface area contributed by atoms with Crippen LogP contribution in [0.2, 0.25) is 0 Å². The van der Waals surface area contributed by atoms with E-state index in [1.165, 1.54) is 11.1 Å². The number of carbonyl (C=O) groups excluding carboxylic acids is 1. The molecule has 1 atom stereocenters. The lowest BCUT2D eigenvalue weighted by molar-refractivity contribution is -0.121. The lowest BCUT2D eigenvalue weighted by Crippen LogP contribution is -2.11. The number of benzene rings is 1. The Kier molecular flexibility index (Phi) is 4.72. The minimum atomic E-state index is 0.0868. The number of carbonyl (C=O) groups is 1. The SMILES string of the molecule is CC.Cc1ccccc1C(C)C(=O)C1CC1. The van der Waals surface area contributed by atoms with Gasteiger partial charge in [0.25, 0.3) is 0 Å². The maximum Gasteiger partial charge on any atom is 0.143 e. The molecule has 1 aliphatic rings. The van der Waals surface area contributed by atoms with E-state index in [0.29, 0.717) is 11.7 Å². The first-order chi connectivity index (χ1) is 7.70. The first-order valence-electron chi connectivity index (χ1n) is 6.29. The van der Waals surface area contributed by atoms with Gasteiger partial charge in [-0.15, -0.1) is 0 Å². The second kappa shape index (κ2) is 5.83. The van der Waals surface area contributed by atoms with Crippen LogP contribution in [0.4, 0.5) is 0 Å². The fraction of sp³-hybridized carbons (Fsp3) is 0.533. The van der Waals surface area contributed by atoms with Crippen molar-refractivity contribution < 1.29 is 4.79 Å². The highest BCUT2D eigenvalue weighted by Crippen LogP contribution is 2.35. The maximum absolute atomic E-state index is 11.9. The van der Waals surface area contributed by atoms with Gasteiger partial charge in [0.05, 0.1) is 0 Å². The summed E-state index contributed by atoms with van der Waals surface area (Å²) in [6, 6.07) is 8.18. The molecule has 1 nitrogen and oxygen atoms in total. The van der Waals surface area contributed by atoms with Gasteiger partial charge in [0.15, 0.2) is 0 Å². The standard InChI is InChI=1S/C13H16O.C2H6/c1-9-5-3-4-6-12(9)10(2)13(14)11-7-8-11;1-2/h3-6,10-11H,7-8H2,1-2H3;1-2H3. The summed E-state index contributed by atoms with van der Waals surface area (Å²) in [4.78, 5) is 11.9. The Morgan fingerprint density at radius 1 is 1.25 bits per heavy atom. The first-order valence-corrected chi connectivity index (χ1v) is 6.29. The van der Waals surface area contributed by atoms with Crippen LogP contribution in [0.15, 0.2) is 24.3 Å². The van der Waals surface area contributed by atoms with Gasteiger partial charge in [-0.1, -0.05) is 45.0 Å². The van der Waals surface area contributed by atoms with E-state index in [2.05, 4.69) is 19.1 Å². The molecule has 16 heavy (non-hydrogen) atoms. The minimum Gasteiger partial charge on any atom is -0.299 e. The molecule has 0 aliphatic heterocycles. The van der Waals surface area contributed by atoms with Crippen molar-refractivity contribution in [3.8, 4) is 0 Å². The van der Waals surface area contributed by atoms with Crippen molar-refractivity contribution in [3.05, 3.63) is 35.4 Å². The predicted octanol–water partition coefficient (Wildman–Crippen LogP) is 4.10. The van der Waals surface area contributed by atoms with Crippen LogP contribution in [0, 0.1) is 12.8 Å². The molecular formula is C15H22O. The van der Waals surface area contributed by atoms with Gasteiger partial charge in [-0.05, 0) is 30.9 Å². The van der Waals surface area contributed by atoms with Crippen molar-refractivity contribution >= 4 is 5.78 Å². The number of Topliss-reactive ketones (excluding diaryl/α,β-unsaturated/α-hetero) is 1. The normalized spacial score (nSPS) is 16.0. The number of rotatable bonds is 3. The number of hydrogen-bond acceptors (Lipinski definition) is 1. The smallest absolute Gasteiger partial charge is 0.143 e. The van der Waals surface area contributed by atoms with Crippen LogP contribution in [-0.2, 0) is 4.79 Å². The zero-order valence-electron chi connectivity index (χ0n) is 10.8. The zero-order chi connectivity index (χ0) is 12.1. The van der Waals surface area contributed by atoms with E-state index in [4.69, 9.17) is 0 Å². The van der Waals surface area contributed by atoms with E-state index in [-0.39, 0.29) is 5.92 Å². The van der Waals surface area contributed by atoms with Gasteiger partial charge in [-0.25, -0.2) is 0 Å². The van der Waals surface area contributed by atoms with E-state index < -0.39 is 0 Å². The average Bonchev–Trinajstić information content (AvgIpc) is 3.14. The van der Waals surface area contributed by atoms with Gasteiger partial charge in [-0.3, -0.25) is 4.79 Å². The first kappa shape index (κ1) is 13.0. The Balaban J connectivity index is 0.000000606. The van der Waals surface area contributed by atoms with E-state index in [1.54, 1.807) is 0 Å². The zero-order valence-corrected chi connectivity index (χ0v) is 10.8. The summed E-state index contributed by atoms with van der Waals surface area (Å²) in [6.07, 6.45) is 2.21. The highest BCUT2D eigenvalue weighted by Gasteiger charge is 2.33. The molecule has 0 bridgehead atoms. The van der Waals surface area contributed by atoms with E-state index >= 15 is 0 Å². The van der Waals surface area contributed by atoms with E-state index in [1.807, 2.05) is 32.9 Å². The molecule has 1 aromatic carbocycles. The molecule has 1 saturated carbocycles. The third-order valence-electron chi connectivity index (χ3n) is 3.06. The number of hydrogen-bond donors (Lipinski definition) is 0. The summed E-state index contributed by atoms with van der Waals surface area (Å²) in [5, 5.41) is 0. The molecule has 0 radical (unpaired) electrons. The monoisotopic (exact) mass is 218 g/mol. The molecule has 1 unspecified atom stereocenters. The number of ketones is 1. The molecular weight excluding hydrogens is 196 g/mol. The molecule has 0 aromatic heterocycles. The van der Waals surface area contributed by atoms with Gasteiger partial charge < -0.3 is 0 Å². The van der Waals surface area contributed by atoms with Crippen molar-refractivity contribution in [2.24, 2.45) is 5.92 Å². The highest BCUT2D eigenvalue weighted by atomic mass is 16.1. The topological polar surface area (TPSA) is 17.1 Å². The Morgan fingerprint density at radius 3 is 2.31 bits per heavy atom. The lowest BCUT2D eigenvalue weighted by Gasteiger charge is -2.12. The van der Waals surface area contributed by atoms with Crippen molar-refractivity contribution in [2.75, 3.05) is 0 Å². The molecule has 0 spiro atoms. The summed E-state index contributed by atoms with van der Waals surface area (Å²) >= 11 is 0. The summed E-state index contributed by atoms with van der Waals surface area (Å²) in [5.41, 5.74) is 2.43. The second-order valence-corrected chi connectivity index (χ2v) is 4.25. The van der Waals surface area contributed by atoms with Crippen molar-refractivity contribution in [1.82, 2.24) is 0 Å². The van der Waals surface area contributed by atoms with E-state index in [9.17, 15) is 4.79 Å². The largest absolute Gasteiger partial charge is 0.299 e. The van der Waals surface area contributed by atoms with E-state index in [0.717, 1.165) is 12.8 Å². The molecule has 1 fully saturated rings. The van der Waals surface area contributed by atoms with Gasteiger partial charge >= 0.3 is 0 Å². The van der Waals surface area contributed by atoms with Gasteiger partial charge in [0.2, 0.25) is 0 Å². The quantitative estimate of drug-likeness (QED) is 0.746. The Bertz CT molecular complexity index is 350.